The van der Waals surface area contributed by atoms with Gasteiger partial charge in [0.15, 0.2) is 0 Å². The van der Waals surface area contributed by atoms with E-state index in [0.717, 1.165) is 44.5 Å². The molecule has 0 heterocycles. The van der Waals surface area contributed by atoms with Gasteiger partial charge in [0.1, 0.15) is 17.9 Å². The molecule has 5 aromatic carbocycles. The molecule has 0 spiro atoms. The fraction of sp³-hybridized carbons (Fsp3) is 0.0556. The van der Waals surface area contributed by atoms with Crippen LogP contribution in [0, 0.1) is 6.92 Å². The quantitative estimate of drug-likeness (QED) is 0.185. The minimum atomic E-state index is -1.35. The molecule has 2 N–H and O–H groups in total. The van der Waals surface area contributed by atoms with E-state index < -0.39 is 11.9 Å². The Bertz CT molecular complexity index is 1680. The molecule has 0 aliphatic carbocycles. The highest BCUT2D eigenvalue weighted by Gasteiger charge is 2.22. The lowest BCUT2D eigenvalue weighted by Crippen LogP contribution is -2.11. The topological polar surface area (TPSA) is 83.8 Å². The van der Waals surface area contributed by atoms with Crippen molar-refractivity contribution in [3.8, 4) is 5.75 Å². The summed E-state index contributed by atoms with van der Waals surface area (Å²) in [5, 5.41) is 19.1. The van der Waals surface area contributed by atoms with Crippen LogP contribution in [0.15, 0.2) is 127 Å². The van der Waals surface area contributed by atoms with Crippen LogP contribution in [0.4, 0.5) is 0 Å². The van der Waals surface area contributed by atoms with Gasteiger partial charge in [-0.3, -0.25) is 0 Å². The number of hydrogen-bond acceptors (Lipinski definition) is 3. The Morgan fingerprint density at radius 2 is 1.10 bits per heavy atom. The number of carbonyl (C=O) groups is 2. The van der Waals surface area contributed by atoms with Crippen molar-refractivity contribution in [2.75, 3.05) is 0 Å². The first-order valence-corrected chi connectivity index (χ1v) is 13.2. The number of aryl methyl sites for hydroxylation is 1. The lowest BCUT2D eigenvalue weighted by molar-refractivity contribution is 0.0647. The molecule has 0 bridgehead atoms. The smallest absolute Gasteiger partial charge is 0.340 e. The van der Waals surface area contributed by atoms with Crippen LogP contribution in [0.3, 0.4) is 0 Å². The number of rotatable bonds is 9. The van der Waals surface area contributed by atoms with E-state index in [2.05, 4.69) is 42.5 Å². The minimum Gasteiger partial charge on any atom is -0.488 e. The second kappa shape index (κ2) is 12.2. The summed E-state index contributed by atoms with van der Waals surface area (Å²) in [5.41, 5.74) is 7.65. The van der Waals surface area contributed by atoms with E-state index in [1.54, 1.807) is 0 Å². The number of ether oxygens (including phenoxy) is 1. The molecule has 5 aromatic rings. The molecule has 0 radical (unpaired) electrons. The zero-order chi connectivity index (χ0) is 28.8. The maximum atomic E-state index is 11.8. The third-order valence-corrected chi connectivity index (χ3v) is 6.92. The molecule has 0 fully saturated rings. The fourth-order valence-corrected chi connectivity index (χ4v) is 4.94. The third kappa shape index (κ3) is 5.94. The summed E-state index contributed by atoms with van der Waals surface area (Å²) in [6.07, 6.45) is 0. The average molecular weight is 541 g/mol. The molecule has 0 aromatic heterocycles. The molecule has 0 unspecified atom stereocenters. The average Bonchev–Trinajstić information content (AvgIpc) is 3.00. The van der Waals surface area contributed by atoms with E-state index in [1.807, 2.05) is 73.7 Å². The van der Waals surface area contributed by atoms with Crippen molar-refractivity contribution in [1.82, 2.24) is 0 Å². The molecule has 0 atom stereocenters. The number of hydrogen-bond donors (Lipinski definition) is 2. The molecule has 5 rings (SSSR count). The van der Waals surface area contributed by atoms with Crippen LogP contribution < -0.4 is 4.74 Å². The molecule has 5 nitrogen and oxygen atoms in total. The highest BCUT2D eigenvalue weighted by Crippen LogP contribution is 2.37. The zero-order valence-corrected chi connectivity index (χ0v) is 22.5. The Morgan fingerprint density at radius 3 is 1.56 bits per heavy atom. The van der Waals surface area contributed by atoms with Gasteiger partial charge in [-0.2, -0.15) is 0 Å². The molecular weight excluding hydrogens is 512 g/mol. The van der Waals surface area contributed by atoms with Gasteiger partial charge in [0, 0.05) is 0 Å². The Hall–Kier alpha value is -5.42. The van der Waals surface area contributed by atoms with Crippen LogP contribution in [0.2, 0.25) is 0 Å². The second-order valence-electron chi connectivity index (χ2n) is 9.57. The predicted molar refractivity (Wildman–Crippen MR) is 160 cm³/mol. The van der Waals surface area contributed by atoms with E-state index in [-0.39, 0.29) is 23.5 Å². The Kier molecular flexibility index (Phi) is 8.07. The molecule has 0 aliphatic heterocycles. The Morgan fingerprint density at radius 1 is 0.585 bits per heavy atom. The first kappa shape index (κ1) is 27.2. The van der Waals surface area contributed by atoms with Gasteiger partial charge in [0.05, 0.1) is 5.56 Å². The van der Waals surface area contributed by atoms with Gasteiger partial charge in [-0.15, -0.1) is 0 Å². The molecule has 0 saturated carbocycles. The van der Waals surface area contributed by atoms with E-state index in [0.29, 0.717) is 0 Å². The van der Waals surface area contributed by atoms with Gasteiger partial charge in [0.2, 0.25) is 0 Å². The normalized spacial score (nSPS) is 10.6. The van der Waals surface area contributed by atoms with Crippen LogP contribution in [-0.4, -0.2) is 22.2 Å². The zero-order valence-electron chi connectivity index (χ0n) is 22.5. The molecule has 0 saturated heterocycles. The van der Waals surface area contributed by atoms with Crippen molar-refractivity contribution in [3.63, 3.8) is 0 Å². The summed E-state index contributed by atoms with van der Waals surface area (Å²) in [7, 11) is 0. The molecule has 202 valence electrons. The number of benzene rings is 5. The van der Waals surface area contributed by atoms with Gasteiger partial charge >= 0.3 is 11.9 Å². The van der Waals surface area contributed by atoms with Crippen LogP contribution in [-0.2, 0) is 6.61 Å². The summed E-state index contributed by atoms with van der Waals surface area (Å²) in [6, 6.07) is 41.3. The highest BCUT2D eigenvalue weighted by atomic mass is 16.5. The second-order valence-corrected chi connectivity index (χ2v) is 9.57. The van der Waals surface area contributed by atoms with E-state index in [9.17, 15) is 19.8 Å². The van der Waals surface area contributed by atoms with E-state index >= 15 is 0 Å². The predicted octanol–water partition coefficient (Wildman–Crippen LogP) is 7.98. The van der Waals surface area contributed by atoms with Crippen molar-refractivity contribution in [2.45, 2.75) is 13.5 Å². The summed E-state index contributed by atoms with van der Waals surface area (Å²) in [6.45, 7) is 2.07. The first-order valence-electron chi connectivity index (χ1n) is 13.2. The summed E-state index contributed by atoms with van der Waals surface area (Å²) in [4.78, 5) is 23.4. The fourth-order valence-electron chi connectivity index (χ4n) is 4.94. The van der Waals surface area contributed by atoms with Crippen molar-refractivity contribution in [2.24, 2.45) is 0 Å². The largest absolute Gasteiger partial charge is 0.488 e. The van der Waals surface area contributed by atoms with Gasteiger partial charge < -0.3 is 14.9 Å². The monoisotopic (exact) mass is 540 g/mol. The van der Waals surface area contributed by atoms with E-state index in [1.165, 1.54) is 18.2 Å². The van der Waals surface area contributed by atoms with Crippen LogP contribution in [0.5, 0.6) is 5.75 Å². The summed E-state index contributed by atoms with van der Waals surface area (Å²) < 4.78 is 5.87. The van der Waals surface area contributed by atoms with Crippen LogP contribution in [0.1, 0.15) is 54.1 Å². The molecular formula is C36H28O5. The lowest BCUT2D eigenvalue weighted by Gasteiger charge is -2.19. The highest BCUT2D eigenvalue weighted by molar-refractivity contribution is 6.05. The number of carboxylic acid groups (broad SMARTS) is 2. The molecule has 0 amide bonds. The Labute approximate surface area is 238 Å². The minimum absolute atomic E-state index is 0.0150. The standard InChI is InChI=1S/C36H28O5/c1-24-22-28(20-21-29(24)23-41-31-19-11-18-30(35(37)38)34(31)36(39)40)33(27-16-9-4-10-17-27)32(25-12-5-2-6-13-25)26-14-7-3-8-15-26/h2-22H,23H2,1H3,(H,37,38)(H,39,40). The summed E-state index contributed by atoms with van der Waals surface area (Å²) >= 11 is 0. The van der Waals surface area contributed by atoms with Crippen molar-refractivity contribution < 1.29 is 24.5 Å². The van der Waals surface area contributed by atoms with Gasteiger partial charge in [0.25, 0.3) is 0 Å². The lowest BCUT2D eigenvalue weighted by atomic mass is 9.85. The maximum absolute atomic E-state index is 11.8. The molecule has 5 heteroatoms. The van der Waals surface area contributed by atoms with Gasteiger partial charge in [-0.1, -0.05) is 115 Å². The third-order valence-electron chi connectivity index (χ3n) is 6.92. The van der Waals surface area contributed by atoms with E-state index in [4.69, 9.17) is 4.74 Å². The van der Waals surface area contributed by atoms with Crippen molar-refractivity contribution >= 4 is 23.1 Å². The van der Waals surface area contributed by atoms with Gasteiger partial charge in [-0.25, -0.2) is 9.59 Å². The van der Waals surface area contributed by atoms with Crippen molar-refractivity contribution in [1.29, 1.82) is 0 Å². The maximum Gasteiger partial charge on any atom is 0.340 e. The SMILES string of the molecule is Cc1cc(C(=C(c2ccccc2)c2ccccc2)c2ccccc2)ccc1COc1cccc(C(=O)O)c1C(=O)O. The van der Waals surface area contributed by atoms with Crippen LogP contribution in [0.25, 0.3) is 11.1 Å². The Balaban J connectivity index is 1.59. The summed E-state index contributed by atoms with van der Waals surface area (Å²) in [5.74, 6) is -2.65. The van der Waals surface area contributed by atoms with Crippen LogP contribution >= 0.6 is 0 Å². The first-order chi connectivity index (χ1) is 19.9. The molecule has 0 aliphatic rings. The van der Waals surface area contributed by atoms with Gasteiger partial charge in [-0.05, 0) is 63.6 Å². The number of carboxylic acids is 2. The number of aromatic carboxylic acids is 2. The van der Waals surface area contributed by atoms with Crippen molar-refractivity contribution in [3.05, 3.63) is 172 Å². The molecule has 41 heavy (non-hydrogen) atoms.